The molecule has 1 amide bonds. The molecule has 4 nitrogen and oxygen atoms in total. The van der Waals surface area contributed by atoms with Gasteiger partial charge in [0.2, 0.25) is 0 Å². The largest absolute Gasteiger partial charge is 0.336 e. The number of pyridine rings is 1. The molecule has 0 unspecified atom stereocenters. The van der Waals surface area contributed by atoms with Gasteiger partial charge in [-0.05, 0) is 36.8 Å². The molecule has 0 aliphatic carbocycles. The third-order valence-corrected chi connectivity index (χ3v) is 5.26. The number of piperazine rings is 1. The number of carbonyl (C=O) groups excluding carboxylic acids is 1. The highest BCUT2D eigenvalue weighted by Crippen LogP contribution is 2.21. The van der Waals surface area contributed by atoms with E-state index >= 15 is 0 Å². The molecule has 0 spiro atoms. The number of amides is 1. The number of rotatable bonds is 3. The minimum absolute atomic E-state index is 0.0964. The Kier molecular flexibility index (Phi) is 5.10. The molecule has 1 fully saturated rings. The van der Waals surface area contributed by atoms with Crippen molar-refractivity contribution in [2.45, 2.75) is 13.5 Å². The number of halogens is 1. The van der Waals surface area contributed by atoms with Gasteiger partial charge in [0, 0.05) is 48.8 Å². The maximum Gasteiger partial charge on any atom is 0.254 e. The van der Waals surface area contributed by atoms with Crippen LogP contribution in [0.5, 0.6) is 0 Å². The van der Waals surface area contributed by atoms with Crippen LogP contribution in [0.1, 0.15) is 21.6 Å². The molecule has 1 aliphatic rings. The average Bonchev–Trinajstić information content (AvgIpc) is 2.67. The zero-order valence-electron chi connectivity index (χ0n) is 15.4. The van der Waals surface area contributed by atoms with Crippen LogP contribution in [0.25, 0.3) is 10.9 Å². The summed E-state index contributed by atoms with van der Waals surface area (Å²) in [5.74, 6) is 0.0964. The van der Waals surface area contributed by atoms with Crippen molar-refractivity contribution in [3.05, 3.63) is 76.4 Å². The van der Waals surface area contributed by atoms with E-state index in [1.807, 2.05) is 60.4 Å². The maximum atomic E-state index is 13.1. The highest BCUT2D eigenvalue weighted by molar-refractivity contribution is 6.30. The minimum Gasteiger partial charge on any atom is -0.336 e. The van der Waals surface area contributed by atoms with E-state index in [4.69, 9.17) is 11.6 Å². The van der Waals surface area contributed by atoms with E-state index in [0.29, 0.717) is 0 Å². The van der Waals surface area contributed by atoms with Gasteiger partial charge in [-0.1, -0.05) is 41.9 Å². The maximum absolute atomic E-state index is 13.1. The molecule has 1 aliphatic heterocycles. The molecule has 0 saturated carbocycles. The lowest BCUT2D eigenvalue weighted by Gasteiger charge is -2.35. The second kappa shape index (κ2) is 7.67. The van der Waals surface area contributed by atoms with Crippen molar-refractivity contribution in [1.82, 2.24) is 14.8 Å². The number of hydrogen-bond acceptors (Lipinski definition) is 3. The Morgan fingerprint density at radius 2 is 1.81 bits per heavy atom. The average molecular weight is 380 g/mol. The smallest absolute Gasteiger partial charge is 0.254 e. The Morgan fingerprint density at radius 3 is 2.59 bits per heavy atom. The number of aryl methyl sites for hydroxylation is 1. The zero-order chi connectivity index (χ0) is 18.8. The first-order valence-corrected chi connectivity index (χ1v) is 9.60. The normalized spacial score (nSPS) is 15.3. The molecule has 138 valence electrons. The van der Waals surface area contributed by atoms with E-state index in [1.165, 1.54) is 5.56 Å². The molecule has 2 aromatic carbocycles. The lowest BCUT2D eigenvalue weighted by molar-refractivity contribution is 0.0630. The van der Waals surface area contributed by atoms with Gasteiger partial charge in [0.25, 0.3) is 5.91 Å². The highest BCUT2D eigenvalue weighted by atomic mass is 35.5. The minimum atomic E-state index is 0.0964. The van der Waals surface area contributed by atoms with E-state index in [1.54, 1.807) is 0 Å². The van der Waals surface area contributed by atoms with Crippen molar-refractivity contribution in [3.63, 3.8) is 0 Å². The van der Waals surface area contributed by atoms with Crippen molar-refractivity contribution >= 4 is 28.4 Å². The molecule has 0 N–H and O–H groups in total. The van der Waals surface area contributed by atoms with E-state index in [9.17, 15) is 4.79 Å². The van der Waals surface area contributed by atoms with E-state index in [-0.39, 0.29) is 5.91 Å². The summed E-state index contributed by atoms with van der Waals surface area (Å²) in [5, 5.41) is 1.69. The number of aromatic nitrogens is 1. The number of nitrogens with zero attached hydrogens (tertiary/aromatic N) is 3. The number of carbonyl (C=O) groups is 1. The summed E-state index contributed by atoms with van der Waals surface area (Å²) in [6.07, 6.45) is 0. The van der Waals surface area contributed by atoms with Crippen molar-refractivity contribution in [2.75, 3.05) is 26.2 Å². The van der Waals surface area contributed by atoms with Crippen molar-refractivity contribution < 1.29 is 4.79 Å². The summed E-state index contributed by atoms with van der Waals surface area (Å²) in [6, 6.07) is 17.7. The number of fused-ring (bicyclic) bond motifs is 1. The van der Waals surface area contributed by atoms with Crippen LogP contribution in [0.3, 0.4) is 0 Å². The summed E-state index contributed by atoms with van der Waals surface area (Å²) in [7, 11) is 0. The quantitative estimate of drug-likeness (QED) is 0.685. The van der Waals surface area contributed by atoms with Gasteiger partial charge in [-0.2, -0.15) is 0 Å². The van der Waals surface area contributed by atoms with Crippen LogP contribution in [-0.2, 0) is 6.54 Å². The Morgan fingerprint density at radius 1 is 1.04 bits per heavy atom. The summed E-state index contributed by atoms with van der Waals surface area (Å²) < 4.78 is 0. The summed E-state index contributed by atoms with van der Waals surface area (Å²) in [5.41, 5.74) is 3.71. The first kappa shape index (κ1) is 18.0. The van der Waals surface area contributed by atoms with Crippen LogP contribution in [0.2, 0.25) is 5.02 Å². The molecule has 0 radical (unpaired) electrons. The van der Waals surface area contributed by atoms with Gasteiger partial charge in [0.1, 0.15) is 0 Å². The van der Waals surface area contributed by atoms with Crippen LogP contribution >= 0.6 is 11.6 Å². The van der Waals surface area contributed by atoms with Gasteiger partial charge >= 0.3 is 0 Å². The molecule has 3 aromatic rings. The van der Waals surface area contributed by atoms with E-state index in [0.717, 1.165) is 59.9 Å². The molecule has 0 atom stereocenters. The number of para-hydroxylation sites is 1. The monoisotopic (exact) mass is 379 g/mol. The molecule has 4 rings (SSSR count). The van der Waals surface area contributed by atoms with Crippen LogP contribution in [-0.4, -0.2) is 46.9 Å². The van der Waals surface area contributed by atoms with Crippen LogP contribution in [0.4, 0.5) is 0 Å². The SMILES string of the molecule is Cc1cc(C(=O)N2CCN(Cc3cccc(Cl)c3)CC2)c2ccccc2n1. The molecule has 1 saturated heterocycles. The molecular weight excluding hydrogens is 358 g/mol. The fourth-order valence-electron chi connectivity index (χ4n) is 3.66. The lowest BCUT2D eigenvalue weighted by Crippen LogP contribution is -2.48. The Labute approximate surface area is 164 Å². The molecule has 1 aromatic heterocycles. The van der Waals surface area contributed by atoms with Crippen molar-refractivity contribution in [1.29, 1.82) is 0 Å². The van der Waals surface area contributed by atoms with Gasteiger partial charge in [-0.15, -0.1) is 0 Å². The first-order valence-electron chi connectivity index (χ1n) is 9.22. The van der Waals surface area contributed by atoms with Gasteiger partial charge < -0.3 is 4.90 Å². The second-order valence-corrected chi connectivity index (χ2v) is 7.46. The predicted octanol–water partition coefficient (Wildman–Crippen LogP) is 4.15. The molecule has 27 heavy (non-hydrogen) atoms. The van der Waals surface area contributed by atoms with Crippen molar-refractivity contribution in [3.8, 4) is 0 Å². The fourth-order valence-corrected chi connectivity index (χ4v) is 3.87. The van der Waals surface area contributed by atoms with E-state index in [2.05, 4.69) is 16.0 Å². The van der Waals surface area contributed by atoms with Gasteiger partial charge in [-0.3, -0.25) is 14.7 Å². The molecule has 0 bridgehead atoms. The number of hydrogen-bond donors (Lipinski definition) is 0. The van der Waals surface area contributed by atoms with Crippen LogP contribution < -0.4 is 0 Å². The molecule has 5 heteroatoms. The third-order valence-electron chi connectivity index (χ3n) is 5.03. The Bertz CT molecular complexity index is 980. The summed E-state index contributed by atoms with van der Waals surface area (Å²) in [6.45, 7) is 5.98. The topological polar surface area (TPSA) is 36.4 Å². The second-order valence-electron chi connectivity index (χ2n) is 7.03. The Hall–Kier alpha value is -2.43. The van der Waals surface area contributed by atoms with Crippen LogP contribution in [0.15, 0.2) is 54.6 Å². The van der Waals surface area contributed by atoms with Gasteiger partial charge in [0.05, 0.1) is 11.1 Å². The van der Waals surface area contributed by atoms with Crippen molar-refractivity contribution in [2.24, 2.45) is 0 Å². The van der Waals surface area contributed by atoms with E-state index < -0.39 is 0 Å². The van der Waals surface area contributed by atoms with Crippen LogP contribution in [0, 0.1) is 6.92 Å². The molecular formula is C22H22ClN3O. The predicted molar refractivity (Wildman–Crippen MR) is 109 cm³/mol. The van der Waals surface area contributed by atoms with Gasteiger partial charge in [0.15, 0.2) is 0 Å². The molecule has 2 heterocycles. The first-order chi connectivity index (χ1) is 13.1. The number of benzene rings is 2. The standard InChI is InChI=1S/C22H22ClN3O/c1-16-13-20(19-7-2-3-8-21(19)24-16)22(27)26-11-9-25(10-12-26)15-17-5-4-6-18(23)14-17/h2-8,13-14H,9-12,15H2,1H3. The zero-order valence-corrected chi connectivity index (χ0v) is 16.1. The van der Waals surface area contributed by atoms with Gasteiger partial charge in [-0.25, -0.2) is 0 Å². The summed E-state index contributed by atoms with van der Waals surface area (Å²) in [4.78, 5) is 22.0. The third kappa shape index (κ3) is 3.97. The lowest BCUT2D eigenvalue weighted by atomic mass is 10.1. The fraction of sp³-hybridized carbons (Fsp3) is 0.273. The summed E-state index contributed by atoms with van der Waals surface area (Å²) >= 11 is 6.08. The highest BCUT2D eigenvalue weighted by Gasteiger charge is 2.23. The Balaban J connectivity index is 1.46.